The van der Waals surface area contributed by atoms with Crippen molar-refractivity contribution in [2.45, 2.75) is 20.4 Å². The van der Waals surface area contributed by atoms with Crippen LogP contribution in [0.4, 0.5) is 0 Å². The van der Waals surface area contributed by atoms with Crippen molar-refractivity contribution in [1.29, 1.82) is 0 Å². The van der Waals surface area contributed by atoms with Crippen LogP contribution in [0.15, 0.2) is 60.7 Å². The number of nitrogens with zero attached hydrogens (tertiary/aromatic N) is 3. The smallest absolute Gasteiger partial charge is 0.343 e. The number of ether oxygens (including phenoxy) is 1. The molecule has 3 aromatic rings. The summed E-state index contributed by atoms with van der Waals surface area (Å²) in [5.41, 5.74) is 2.34. The highest BCUT2D eigenvalue weighted by molar-refractivity contribution is 6.33. The van der Waals surface area contributed by atoms with Crippen LogP contribution in [0, 0.1) is 6.92 Å². The number of aryl methyl sites for hydroxylation is 1. The normalized spacial score (nSPS) is 10.6. The summed E-state index contributed by atoms with van der Waals surface area (Å²) >= 11 is 6.38. The van der Waals surface area contributed by atoms with Crippen LogP contribution in [0.5, 0.6) is 0 Å². The Labute approximate surface area is 174 Å². The molecule has 2 aromatic carbocycles. The molecule has 150 valence electrons. The predicted molar refractivity (Wildman–Crippen MR) is 111 cm³/mol. The first kappa shape index (κ1) is 20.6. The molecular weight excluding hydrogens is 390 g/mol. The van der Waals surface area contributed by atoms with Crippen molar-refractivity contribution in [3.05, 3.63) is 82.6 Å². The summed E-state index contributed by atoms with van der Waals surface area (Å²) in [5, 5.41) is 4.48. The fourth-order valence-electron chi connectivity index (χ4n) is 2.94. The molecule has 0 radical (unpaired) electrons. The van der Waals surface area contributed by atoms with Gasteiger partial charge in [0.05, 0.1) is 11.4 Å². The average Bonchev–Trinajstić information content (AvgIpc) is 3.05. The number of para-hydroxylation sites is 1. The first-order valence-electron chi connectivity index (χ1n) is 9.30. The molecule has 0 atom stereocenters. The summed E-state index contributed by atoms with van der Waals surface area (Å²) in [7, 11) is 0. The molecule has 0 aliphatic rings. The number of likely N-dealkylation sites (N-methyl/N-ethyl adjacent to an activating group) is 1. The molecular formula is C22H22ClN3O3. The van der Waals surface area contributed by atoms with Crippen LogP contribution < -0.4 is 0 Å². The van der Waals surface area contributed by atoms with Crippen LogP contribution in [0.25, 0.3) is 5.69 Å². The molecule has 0 fully saturated rings. The summed E-state index contributed by atoms with van der Waals surface area (Å²) < 4.78 is 6.73. The van der Waals surface area contributed by atoms with Gasteiger partial charge in [-0.05, 0) is 31.5 Å². The maximum atomic E-state index is 12.6. The van der Waals surface area contributed by atoms with Crippen LogP contribution in [-0.4, -0.2) is 39.7 Å². The van der Waals surface area contributed by atoms with E-state index in [2.05, 4.69) is 5.10 Å². The standard InChI is InChI=1S/C22H22ClN3O3/c1-3-25(14-17-10-6-4-7-11-17)19(27)15-29-22(28)20-16(2)24-26(21(20)23)18-12-8-5-9-13-18/h4-13H,3,14-15H2,1-2H3. The minimum atomic E-state index is -0.668. The number of esters is 1. The van der Waals surface area contributed by atoms with E-state index in [-0.39, 0.29) is 23.2 Å². The van der Waals surface area contributed by atoms with Crippen LogP contribution >= 0.6 is 11.6 Å². The van der Waals surface area contributed by atoms with Gasteiger partial charge in [0.2, 0.25) is 0 Å². The van der Waals surface area contributed by atoms with Gasteiger partial charge in [0.15, 0.2) is 6.61 Å². The lowest BCUT2D eigenvalue weighted by molar-refractivity contribution is -0.134. The summed E-state index contributed by atoms with van der Waals surface area (Å²) in [5.74, 6) is -0.937. The number of amides is 1. The fourth-order valence-corrected chi connectivity index (χ4v) is 3.29. The molecule has 0 saturated carbocycles. The number of hydrogen-bond donors (Lipinski definition) is 0. The van der Waals surface area contributed by atoms with Crippen LogP contribution in [-0.2, 0) is 16.1 Å². The largest absolute Gasteiger partial charge is 0.452 e. The first-order valence-corrected chi connectivity index (χ1v) is 9.68. The van der Waals surface area contributed by atoms with Crippen LogP contribution in [0.1, 0.15) is 28.5 Å². The minimum Gasteiger partial charge on any atom is -0.452 e. The number of halogens is 1. The number of benzene rings is 2. The highest BCUT2D eigenvalue weighted by Gasteiger charge is 2.24. The van der Waals surface area contributed by atoms with E-state index >= 15 is 0 Å². The highest BCUT2D eigenvalue weighted by atomic mass is 35.5. The maximum absolute atomic E-state index is 12.6. The summed E-state index contributed by atoms with van der Waals surface area (Å²) in [6.45, 7) is 4.17. The van der Waals surface area contributed by atoms with E-state index in [4.69, 9.17) is 16.3 Å². The van der Waals surface area contributed by atoms with E-state index in [0.29, 0.717) is 18.8 Å². The van der Waals surface area contributed by atoms with Crippen molar-refractivity contribution < 1.29 is 14.3 Å². The van der Waals surface area contributed by atoms with E-state index in [1.54, 1.807) is 11.8 Å². The lowest BCUT2D eigenvalue weighted by Gasteiger charge is -2.20. The van der Waals surface area contributed by atoms with Gasteiger partial charge in [0.25, 0.3) is 5.91 Å². The molecule has 1 aromatic heterocycles. The average molecular weight is 412 g/mol. The van der Waals surface area contributed by atoms with Crippen molar-refractivity contribution in [3.8, 4) is 5.69 Å². The van der Waals surface area contributed by atoms with E-state index < -0.39 is 5.97 Å². The summed E-state index contributed by atoms with van der Waals surface area (Å²) in [4.78, 5) is 26.7. The van der Waals surface area contributed by atoms with Gasteiger partial charge in [-0.2, -0.15) is 5.10 Å². The van der Waals surface area contributed by atoms with Crippen molar-refractivity contribution in [3.63, 3.8) is 0 Å². The quantitative estimate of drug-likeness (QED) is 0.550. The van der Waals surface area contributed by atoms with Gasteiger partial charge in [-0.15, -0.1) is 0 Å². The van der Waals surface area contributed by atoms with Crippen LogP contribution in [0.3, 0.4) is 0 Å². The molecule has 29 heavy (non-hydrogen) atoms. The molecule has 0 N–H and O–H groups in total. The van der Waals surface area contributed by atoms with Gasteiger partial charge in [-0.1, -0.05) is 60.1 Å². The zero-order chi connectivity index (χ0) is 20.8. The highest BCUT2D eigenvalue weighted by Crippen LogP contribution is 2.24. The Morgan fingerprint density at radius 2 is 1.69 bits per heavy atom. The molecule has 1 heterocycles. The zero-order valence-electron chi connectivity index (χ0n) is 16.3. The molecule has 0 bridgehead atoms. The number of carbonyl (C=O) groups excluding carboxylic acids is 2. The Hall–Kier alpha value is -3.12. The molecule has 0 aliphatic carbocycles. The van der Waals surface area contributed by atoms with Gasteiger partial charge < -0.3 is 9.64 Å². The Kier molecular flexibility index (Phi) is 6.67. The van der Waals surface area contributed by atoms with Crippen molar-refractivity contribution in [2.75, 3.05) is 13.2 Å². The van der Waals surface area contributed by atoms with E-state index in [9.17, 15) is 9.59 Å². The third kappa shape index (κ3) is 4.84. The van der Waals surface area contributed by atoms with Crippen LogP contribution in [0.2, 0.25) is 5.15 Å². The molecule has 0 saturated heterocycles. The Morgan fingerprint density at radius 1 is 1.07 bits per heavy atom. The number of hydrogen-bond acceptors (Lipinski definition) is 4. The van der Waals surface area contributed by atoms with E-state index in [1.165, 1.54) is 4.68 Å². The molecule has 6 nitrogen and oxygen atoms in total. The van der Waals surface area contributed by atoms with Crippen molar-refractivity contribution in [2.24, 2.45) is 0 Å². The van der Waals surface area contributed by atoms with Gasteiger partial charge in [-0.25, -0.2) is 9.48 Å². The minimum absolute atomic E-state index is 0.155. The molecule has 3 rings (SSSR count). The SMILES string of the molecule is CCN(Cc1ccccc1)C(=O)COC(=O)c1c(C)nn(-c2ccccc2)c1Cl. The second-order valence-corrected chi connectivity index (χ2v) is 6.83. The van der Waals surface area contributed by atoms with Gasteiger partial charge in [0, 0.05) is 13.1 Å². The lowest BCUT2D eigenvalue weighted by atomic mass is 10.2. The van der Waals surface area contributed by atoms with Gasteiger partial charge >= 0.3 is 5.97 Å². The van der Waals surface area contributed by atoms with Gasteiger partial charge in [-0.3, -0.25) is 4.79 Å². The second kappa shape index (κ2) is 9.39. The Morgan fingerprint density at radius 3 is 2.31 bits per heavy atom. The number of aromatic nitrogens is 2. The van der Waals surface area contributed by atoms with Crippen molar-refractivity contribution >= 4 is 23.5 Å². The summed E-state index contributed by atoms with van der Waals surface area (Å²) in [6, 6.07) is 18.9. The monoisotopic (exact) mass is 411 g/mol. The predicted octanol–water partition coefficient (Wildman–Crippen LogP) is 4.04. The molecule has 0 spiro atoms. The number of carbonyl (C=O) groups is 2. The molecule has 1 amide bonds. The molecule has 7 heteroatoms. The fraction of sp³-hybridized carbons (Fsp3) is 0.227. The molecule has 0 unspecified atom stereocenters. The zero-order valence-corrected chi connectivity index (χ0v) is 17.1. The first-order chi connectivity index (χ1) is 14.0. The van der Waals surface area contributed by atoms with E-state index in [0.717, 1.165) is 11.3 Å². The number of rotatable bonds is 7. The molecule has 0 aliphatic heterocycles. The topological polar surface area (TPSA) is 64.4 Å². The van der Waals surface area contributed by atoms with Gasteiger partial charge in [0.1, 0.15) is 10.7 Å². The summed E-state index contributed by atoms with van der Waals surface area (Å²) in [6.07, 6.45) is 0. The third-order valence-corrected chi connectivity index (χ3v) is 4.84. The van der Waals surface area contributed by atoms with Crippen molar-refractivity contribution in [1.82, 2.24) is 14.7 Å². The Bertz CT molecular complexity index is 987. The Balaban J connectivity index is 1.67. The maximum Gasteiger partial charge on any atom is 0.343 e. The third-order valence-electron chi connectivity index (χ3n) is 4.49. The second-order valence-electron chi connectivity index (χ2n) is 6.47. The lowest BCUT2D eigenvalue weighted by Crippen LogP contribution is -2.34. The van der Waals surface area contributed by atoms with E-state index in [1.807, 2.05) is 67.6 Å².